The Hall–Kier alpha value is -0.120. The Kier molecular flexibility index (Phi) is 2.65. The van der Waals surface area contributed by atoms with Crippen LogP contribution in [0.15, 0.2) is 0 Å². The molecule has 1 aliphatic heterocycles. The van der Waals surface area contributed by atoms with E-state index >= 15 is 0 Å². The fourth-order valence-corrected chi connectivity index (χ4v) is 1.19. The van der Waals surface area contributed by atoms with Gasteiger partial charge in [-0.1, -0.05) is 0 Å². The van der Waals surface area contributed by atoms with Gasteiger partial charge in [0.15, 0.2) is 0 Å². The molecule has 0 amide bonds. The van der Waals surface area contributed by atoms with E-state index < -0.39 is 0 Å². The van der Waals surface area contributed by atoms with Gasteiger partial charge < -0.3 is 10.8 Å². The van der Waals surface area contributed by atoms with Crippen molar-refractivity contribution >= 4 is 0 Å². The summed E-state index contributed by atoms with van der Waals surface area (Å²) in [6.07, 6.45) is 0.930. The van der Waals surface area contributed by atoms with Crippen molar-refractivity contribution in [3.8, 4) is 0 Å². The first kappa shape index (κ1) is 7.98. The van der Waals surface area contributed by atoms with Gasteiger partial charge in [0.2, 0.25) is 0 Å². The zero-order valence-electron chi connectivity index (χ0n) is 6.45. The molecule has 3 nitrogen and oxygen atoms in total. The fourth-order valence-electron chi connectivity index (χ4n) is 1.19. The van der Waals surface area contributed by atoms with Crippen LogP contribution in [0.3, 0.4) is 0 Å². The summed E-state index contributed by atoms with van der Waals surface area (Å²) < 4.78 is 0. The average Bonchev–Trinajstić information content (AvgIpc) is 1.96. The molecule has 0 bridgehead atoms. The minimum absolute atomic E-state index is 0.331. The van der Waals surface area contributed by atoms with Gasteiger partial charge in [-0.05, 0) is 19.9 Å². The molecule has 1 saturated heterocycles. The van der Waals surface area contributed by atoms with E-state index in [1.54, 1.807) is 0 Å². The predicted octanol–water partition coefficient (Wildman–Crippen LogP) is -0.600. The van der Waals surface area contributed by atoms with Crippen molar-refractivity contribution in [1.82, 2.24) is 4.90 Å². The third-order valence-electron chi connectivity index (χ3n) is 2.17. The van der Waals surface area contributed by atoms with E-state index in [-0.39, 0.29) is 6.10 Å². The summed E-state index contributed by atoms with van der Waals surface area (Å²) in [7, 11) is 0. The van der Waals surface area contributed by atoms with Crippen LogP contribution >= 0.6 is 0 Å². The molecule has 1 fully saturated rings. The Morgan fingerprint density at radius 1 is 1.80 bits per heavy atom. The van der Waals surface area contributed by atoms with Gasteiger partial charge in [0, 0.05) is 19.1 Å². The number of hydrogen-bond donors (Lipinski definition) is 2. The minimum Gasteiger partial charge on any atom is -0.390 e. The quantitative estimate of drug-likeness (QED) is 0.556. The minimum atomic E-state index is -0.331. The van der Waals surface area contributed by atoms with Gasteiger partial charge in [-0.25, -0.2) is 0 Å². The maximum atomic E-state index is 9.14. The largest absolute Gasteiger partial charge is 0.390 e. The highest BCUT2D eigenvalue weighted by atomic mass is 16.3. The molecule has 0 saturated carbocycles. The van der Waals surface area contributed by atoms with E-state index in [1.165, 1.54) is 6.42 Å². The SMILES string of the molecule is CC1CCN1CC(O)CN. The van der Waals surface area contributed by atoms with Gasteiger partial charge in [0.1, 0.15) is 0 Å². The summed E-state index contributed by atoms with van der Waals surface area (Å²) in [6, 6.07) is 0.654. The number of aliphatic hydroxyl groups excluding tert-OH is 1. The van der Waals surface area contributed by atoms with Crippen LogP contribution in [-0.4, -0.2) is 41.8 Å². The standard InChI is InChI=1S/C7H16N2O/c1-6-2-3-9(6)5-7(10)4-8/h6-7,10H,2-5,8H2,1H3. The van der Waals surface area contributed by atoms with E-state index in [0.29, 0.717) is 12.6 Å². The summed E-state index contributed by atoms with van der Waals surface area (Å²) in [6.45, 7) is 4.42. The monoisotopic (exact) mass is 144 g/mol. The Balaban J connectivity index is 2.12. The Morgan fingerprint density at radius 3 is 2.80 bits per heavy atom. The summed E-state index contributed by atoms with van der Waals surface area (Å²) in [5.74, 6) is 0. The molecule has 0 radical (unpaired) electrons. The van der Waals surface area contributed by atoms with Crippen LogP contribution in [0.2, 0.25) is 0 Å². The number of nitrogens with two attached hydrogens (primary N) is 1. The van der Waals surface area contributed by atoms with Gasteiger partial charge in [0.05, 0.1) is 6.10 Å². The molecule has 0 aromatic rings. The van der Waals surface area contributed by atoms with Crippen LogP contribution in [-0.2, 0) is 0 Å². The maximum absolute atomic E-state index is 9.14. The molecule has 60 valence electrons. The fraction of sp³-hybridized carbons (Fsp3) is 1.00. The molecule has 10 heavy (non-hydrogen) atoms. The molecule has 0 aliphatic carbocycles. The van der Waals surface area contributed by atoms with E-state index in [2.05, 4.69) is 11.8 Å². The van der Waals surface area contributed by atoms with Gasteiger partial charge >= 0.3 is 0 Å². The first-order valence-electron chi connectivity index (χ1n) is 3.86. The Bertz CT molecular complexity index is 108. The highest BCUT2D eigenvalue weighted by Crippen LogP contribution is 2.15. The summed E-state index contributed by atoms with van der Waals surface area (Å²) in [4.78, 5) is 2.25. The maximum Gasteiger partial charge on any atom is 0.0789 e. The van der Waals surface area contributed by atoms with E-state index in [1.807, 2.05) is 0 Å². The highest BCUT2D eigenvalue weighted by molar-refractivity contribution is 4.80. The third-order valence-corrected chi connectivity index (χ3v) is 2.17. The average molecular weight is 144 g/mol. The van der Waals surface area contributed by atoms with Crippen LogP contribution in [0.5, 0.6) is 0 Å². The second kappa shape index (κ2) is 3.32. The van der Waals surface area contributed by atoms with Crippen LogP contribution in [0.25, 0.3) is 0 Å². The number of likely N-dealkylation sites (tertiary alicyclic amines) is 1. The molecule has 1 heterocycles. The van der Waals surface area contributed by atoms with Crippen molar-refractivity contribution in [1.29, 1.82) is 0 Å². The lowest BCUT2D eigenvalue weighted by atomic mass is 10.1. The summed E-state index contributed by atoms with van der Waals surface area (Å²) >= 11 is 0. The van der Waals surface area contributed by atoms with Crippen LogP contribution in [0.1, 0.15) is 13.3 Å². The molecule has 0 spiro atoms. The zero-order valence-corrected chi connectivity index (χ0v) is 6.45. The molecule has 0 aromatic carbocycles. The number of hydrogen-bond acceptors (Lipinski definition) is 3. The topological polar surface area (TPSA) is 49.5 Å². The number of β-amino-alcohol motifs (C(OH)–C–C–N with tert-alkyl or cyclic N) is 1. The second-order valence-corrected chi connectivity index (χ2v) is 3.02. The first-order valence-corrected chi connectivity index (χ1v) is 3.86. The molecule has 1 rings (SSSR count). The first-order chi connectivity index (χ1) is 4.74. The molecule has 3 N–H and O–H groups in total. The Morgan fingerprint density at radius 2 is 2.50 bits per heavy atom. The molecule has 3 heteroatoms. The smallest absolute Gasteiger partial charge is 0.0789 e. The van der Waals surface area contributed by atoms with Crippen molar-refractivity contribution in [2.75, 3.05) is 19.6 Å². The Labute approximate surface area is 61.8 Å². The molecular formula is C7H16N2O. The van der Waals surface area contributed by atoms with Crippen molar-refractivity contribution < 1.29 is 5.11 Å². The van der Waals surface area contributed by atoms with Gasteiger partial charge in [-0.3, -0.25) is 4.90 Å². The summed E-state index contributed by atoms with van der Waals surface area (Å²) in [5, 5.41) is 9.14. The van der Waals surface area contributed by atoms with E-state index in [9.17, 15) is 0 Å². The van der Waals surface area contributed by atoms with Crippen LogP contribution in [0, 0.1) is 0 Å². The van der Waals surface area contributed by atoms with Crippen molar-refractivity contribution in [2.45, 2.75) is 25.5 Å². The van der Waals surface area contributed by atoms with Crippen LogP contribution in [0.4, 0.5) is 0 Å². The molecular weight excluding hydrogens is 128 g/mol. The van der Waals surface area contributed by atoms with Crippen molar-refractivity contribution in [2.24, 2.45) is 5.73 Å². The lowest BCUT2D eigenvalue weighted by molar-refractivity contribution is 0.0432. The molecule has 1 aliphatic rings. The number of nitrogens with zero attached hydrogens (tertiary/aromatic N) is 1. The normalized spacial score (nSPS) is 29.7. The number of rotatable bonds is 3. The highest BCUT2D eigenvalue weighted by Gasteiger charge is 2.24. The summed E-state index contributed by atoms with van der Waals surface area (Å²) in [5.41, 5.74) is 5.27. The lowest BCUT2D eigenvalue weighted by Crippen LogP contribution is -2.50. The molecule has 2 unspecified atom stereocenters. The number of aliphatic hydroxyl groups is 1. The van der Waals surface area contributed by atoms with Crippen molar-refractivity contribution in [3.63, 3.8) is 0 Å². The molecule has 2 atom stereocenters. The molecule has 0 aromatic heterocycles. The van der Waals surface area contributed by atoms with E-state index in [0.717, 1.165) is 13.1 Å². The predicted molar refractivity (Wildman–Crippen MR) is 40.7 cm³/mol. The third kappa shape index (κ3) is 1.68. The van der Waals surface area contributed by atoms with Crippen LogP contribution < -0.4 is 5.73 Å². The zero-order chi connectivity index (χ0) is 7.56. The van der Waals surface area contributed by atoms with Gasteiger partial charge in [0.25, 0.3) is 0 Å². The van der Waals surface area contributed by atoms with Crippen molar-refractivity contribution in [3.05, 3.63) is 0 Å². The van der Waals surface area contributed by atoms with E-state index in [4.69, 9.17) is 10.8 Å². The van der Waals surface area contributed by atoms with Gasteiger partial charge in [-0.15, -0.1) is 0 Å². The lowest BCUT2D eigenvalue weighted by Gasteiger charge is -2.39. The second-order valence-electron chi connectivity index (χ2n) is 3.02. The van der Waals surface area contributed by atoms with Gasteiger partial charge in [-0.2, -0.15) is 0 Å².